The molecule has 1 amide bonds. The summed E-state index contributed by atoms with van der Waals surface area (Å²) >= 11 is 7.44. The van der Waals surface area contributed by atoms with Crippen LogP contribution >= 0.6 is 23.4 Å². The van der Waals surface area contributed by atoms with Gasteiger partial charge in [-0.25, -0.2) is 4.98 Å². The van der Waals surface area contributed by atoms with Crippen molar-refractivity contribution in [3.63, 3.8) is 0 Å². The van der Waals surface area contributed by atoms with Crippen LogP contribution in [0, 0.1) is 0 Å². The smallest absolute Gasteiger partial charge is 0.257 e. The lowest BCUT2D eigenvalue weighted by molar-refractivity contribution is -0.116. The number of hydrogen-bond donors (Lipinski definition) is 2. The summed E-state index contributed by atoms with van der Waals surface area (Å²) in [5.74, 6) is 0.461. The maximum Gasteiger partial charge on any atom is 0.257 e. The van der Waals surface area contributed by atoms with Crippen molar-refractivity contribution in [2.45, 2.75) is 23.2 Å². The number of carbonyl (C=O) groups excluding carboxylic acids is 1. The number of thioether (sulfide) groups is 1. The van der Waals surface area contributed by atoms with E-state index in [1.54, 1.807) is 0 Å². The molecule has 0 radical (unpaired) electrons. The van der Waals surface area contributed by atoms with Crippen LogP contribution in [0.15, 0.2) is 76.7 Å². The Morgan fingerprint density at radius 3 is 2.68 bits per heavy atom. The van der Waals surface area contributed by atoms with E-state index in [1.165, 1.54) is 11.8 Å². The van der Waals surface area contributed by atoms with Crippen molar-refractivity contribution in [1.82, 2.24) is 9.97 Å². The average molecular weight is 448 g/mol. The SMILES string of the molecule is O=C1CC(c2ccc3ccccc3c2)c2c(nc(SCc3cccc(Cl)c3)[nH]c2=O)N1. The Labute approximate surface area is 187 Å². The lowest BCUT2D eigenvalue weighted by Crippen LogP contribution is -2.31. The number of fused-ring (bicyclic) bond motifs is 2. The van der Waals surface area contributed by atoms with Crippen LogP contribution in [-0.4, -0.2) is 15.9 Å². The number of nitrogens with zero attached hydrogens (tertiary/aromatic N) is 1. The van der Waals surface area contributed by atoms with Crippen molar-refractivity contribution < 1.29 is 4.79 Å². The lowest BCUT2D eigenvalue weighted by atomic mass is 9.86. The Balaban J connectivity index is 1.49. The fraction of sp³-hybridized carbons (Fsp3) is 0.125. The Bertz CT molecular complexity index is 1370. The third kappa shape index (κ3) is 4.09. The van der Waals surface area contributed by atoms with Crippen LogP contribution in [0.5, 0.6) is 0 Å². The molecule has 5 nitrogen and oxygen atoms in total. The fourth-order valence-corrected chi connectivity index (χ4v) is 4.92. The summed E-state index contributed by atoms with van der Waals surface area (Å²) in [6.45, 7) is 0. The second kappa shape index (κ2) is 8.21. The van der Waals surface area contributed by atoms with E-state index in [1.807, 2.05) is 66.7 Å². The van der Waals surface area contributed by atoms with Crippen molar-refractivity contribution in [3.8, 4) is 0 Å². The van der Waals surface area contributed by atoms with Gasteiger partial charge in [0.25, 0.3) is 5.56 Å². The molecule has 2 N–H and O–H groups in total. The zero-order valence-corrected chi connectivity index (χ0v) is 18.0. The van der Waals surface area contributed by atoms with Crippen LogP contribution in [0.3, 0.4) is 0 Å². The van der Waals surface area contributed by atoms with E-state index in [9.17, 15) is 9.59 Å². The molecule has 1 unspecified atom stereocenters. The molecule has 0 aliphatic carbocycles. The van der Waals surface area contributed by atoms with E-state index in [-0.39, 0.29) is 23.8 Å². The van der Waals surface area contributed by atoms with Gasteiger partial charge in [0.2, 0.25) is 5.91 Å². The number of H-pyrrole nitrogens is 1. The van der Waals surface area contributed by atoms with Crippen molar-refractivity contribution in [3.05, 3.63) is 98.8 Å². The van der Waals surface area contributed by atoms with Crippen LogP contribution in [0.4, 0.5) is 5.82 Å². The molecule has 7 heteroatoms. The summed E-state index contributed by atoms with van der Waals surface area (Å²) < 4.78 is 0. The largest absolute Gasteiger partial charge is 0.310 e. The van der Waals surface area contributed by atoms with E-state index in [0.717, 1.165) is 21.9 Å². The van der Waals surface area contributed by atoms with Gasteiger partial charge in [-0.05, 0) is 34.0 Å². The summed E-state index contributed by atoms with van der Waals surface area (Å²) in [4.78, 5) is 32.9. The monoisotopic (exact) mass is 447 g/mol. The number of nitrogens with one attached hydrogen (secondary N) is 2. The van der Waals surface area contributed by atoms with E-state index >= 15 is 0 Å². The van der Waals surface area contributed by atoms with Gasteiger partial charge in [-0.3, -0.25) is 9.59 Å². The number of aromatic amines is 1. The Morgan fingerprint density at radius 2 is 1.84 bits per heavy atom. The number of anilines is 1. The van der Waals surface area contributed by atoms with Crippen molar-refractivity contribution >= 4 is 45.9 Å². The second-order valence-electron chi connectivity index (χ2n) is 7.46. The third-order valence-electron chi connectivity index (χ3n) is 5.37. The zero-order chi connectivity index (χ0) is 21.4. The average Bonchev–Trinajstić information content (AvgIpc) is 2.76. The zero-order valence-electron chi connectivity index (χ0n) is 16.4. The molecule has 31 heavy (non-hydrogen) atoms. The topological polar surface area (TPSA) is 74.8 Å². The van der Waals surface area contributed by atoms with Crippen LogP contribution in [0.2, 0.25) is 5.02 Å². The molecule has 5 rings (SSSR count). The number of hydrogen-bond acceptors (Lipinski definition) is 4. The minimum absolute atomic E-state index is 0.144. The van der Waals surface area contributed by atoms with E-state index in [2.05, 4.69) is 15.3 Å². The summed E-state index contributed by atoms with van der Waals surface area (Å²) in [6, 6.07) is 21.6. The summed E-state index contributed by atoms with van der Waals surface area (Å²) in [5.41, 5.74) is 2.23. The van der Waals surface area contributed by atoms with Crippen LogP contribution in [0.25, 0.3) is 10.8 Å². The van der Waals surface area contributed by atoms with Crippen LogP contribution in [-0.2, 0) is 10.5 Å². The van der Waals surface area contributed by atoms with Gasteiger partial charge in [0.1, 0.15) is 5.82 Å². The molecular formula is C24H18ClN3O2S. The predicted octanol–water partition coefficient (Wildman–Crippen LogP) is 5.34. The van der Waals surface area contributed by atoms with E-state index < -0.39 is 0 Å². The Kier molecular flexibility index (Phi) is 5.26. The van der Waals surface area contributed by atoms with Gasteiger partial charge in [0, 0.05) is 23.1 Å². The first-order valence-corrected chi connectivity index (χ1v) is 11.2. The molecule has 1 atom stereocenters. The second-order valence-corrected chi connectivity index (χ2v) is 8.86. The molecule has 4 aromatic rings. The van der Waals surface area contributed by atoms with Crippen molar-refractivity contribution in [2.75, 3.05) is 5.32 Å². The first-order chi connectivity index (χ1) is 15.1. The lowest BCUT2D eigenvalue weighted by Gasteiger charge is -2.24. The highest BCUT2D eigenvalue weighted by molar-refractivity contribution is 7.98. The normalized spacial score (nSPS) is 15.5. The molecule has 0 saturated heterocycles. The molecule has 1 aromatic heterocycles. The third-order valence-corrected chi connectivity index (χ3v) is 6.55. The number of aromatic nitrogens is 2. The predicted molar refractivity (Wildman–Crippen MR) is 125 cm³/mol. The minimum atomic E-state index is -0.336. The van der Waals surface area contributed by atoms with Gasteiger partial charge in [-0.2, -0.15) is 0 Å². The molecular weight excluding hydrogens is 430 g/mol. The van der Waals surface area contributed by atoms with Gasteiger partial charge in [-0.1, -0.05) is 78.0 Å². The molecule has 0 spiro atoms. The van der Waals surface area contributed by atoms with Gasteiger partial charge in [0.15, 0.2) is 5.16 Å². The molecule has 0 saturated carbocycles. The molecule has 3 aromatic carbocycles. The number of rotatable bonds is 4. The number of halogens is 1. The number of amides is 1. The molecule has 0 bridgehead atoms. The molecule has 2 heterocycles. The highest BCUT2D eigenvalue weighted by Gasteiger charge is 2.31. The van der Waals surface area contributed by atoms with Gasteiger partial charge in [-0.15, -0.1) is 0 Å². The maximum atomic E-state index is 13.0. The van der Waals surface area contributed by atoms with E-state index in [0.29, 0.717) is 27.3 Å². The Hall–Kier alpha value is -3.09. The van der Waals surface area contributed by atoms with Gasteiger partial charge < -0.3 is 10.3 Å². The molecule has 0 fully saturated rings. The first kappa shape index (κ1) is 19.8. The van der Waals surface area contributed by atoms with Crippen molar-refractivity contribution in [1.29, 1.82) is 0 Å². The quantitative estimate of drug-likeness (QED) is 0.327. The minimum Gasteiger partial charge on any atom is -0.310 e. The highest BCUT2D eigenvalue weighted by atomic mass is 35.5. The van der Waals surface area contributed by atoms with Gasteiger partial charge >= 0.3 is 0 Å². The standard InChI is InChI=1S/C24H18ClN3O2S/c25-18-7-3-4-14(10-18)13-31-24-27-22-21(23(30)28-24)19(12-20(29)26-22)17-9-8-15-5-1-2-6-16(15)11-17/h1-11,19H,12-13H2,(H2,26,27,28,29,30). The van der Waals surface area contributed by atoms with E-state index in [4.69, 9.17) is 11.6 Å². The van der Waals surface area contributed by atoms with Crippen molar-refractivity contribution in [2.24, 2.45) is 0 Å². The number of carbonyl (C=O) groups is 1. The Morgan fingerprint density at radius 1 is 1.00 bits per heavy atom. The fourth-order valence-electron chi connectivity index (χ4n) is 3.91. The van der Waals surface area contributed by atoms with Crippen LogP contribution < -0.4 is 10.9 Å². The summed E-state index contributed by atoms with van der Waals surface area (Å²) in [7, 11) is 0. The maximum absolute atomic E-state index is 13.0. The molecule has 1 aliphatic rings. The first-order valence-electron chi connectivity index (χ1n) is 9.87. The summed E-state index contributed by atoms with van der Waals surface area (Å²) in [6.07, 6.45) is 0.213. The van der Waals surface area contributed by atoms with Crippen LogP contribution in [0.1, 0.15) is 29.0 Å². The molecule has 1 aliphatic heterocycles. The number of benzene rings is 3. The van der Waals surface area contributed by atoms with Gasteiger partial charge in [0.05, 0.1) is 5.56 Å². The summed E-state index contributed by atoms with van der Waals surface area (Å²) in [5, 5.41) is 6.10. The highest BCUT2D eigenvalue weighted by Crippen LogP contribution is 2.36. The molecule has 154 valence electrons.